The Morgan fingerprint density at radius 3 is 2.63 bits per heavy atom. The van der Waals surface area contributed by atoms with Gasteiger partial charge in [-0.3, -0.25) is 0 Å². The first-order chi connectivity index (χ1) is 8.81. The number of aromatic nitrogens is 2. The van der Waals surface area contributed by atoms with E-state index < -0.39 is 16.0 Å². The number of carboxylic acids is 1. The van der Waals surface area contributed by atoms with Crippen LogP contribution in [0.25, 0.3) is 0 Å². The predicted octanol–water partition coefficient (Wildman–Crippen LogP) is 1.25. The molecule has 2 aromatic rings. The Morgan fingerprint density at radius 2 is 2.11 bits per heavy atom. The molecule has 102 valence electrons. The summed E-state index contributed by atoms with van der Waals surface area (Å²) in [7, 11) is -4.08. The van der Waals surface area contributed by atoms with Crippen molar-refractivity contribution in [1.29, 1.82) is 0 Å². The van der Waals surface area contributed by atoms with Crippen molar-refractivity contribution >= 4 is 33.3 Å². The molecule has 2 heterocycles. The van der Waals surface area contributed by atoms with E-state index in [9.17, 15) is 13.2 Å². The van der Waals surface area contributed by atoms with E-state index in [-0.39, 0.29) is 21.7 Å². The van der Waals surface area contributed by atoms with E-state index >= 15 is 0 Å². The molecule has 19 heavy (non-hydrogen) atoms. The third-order valence-corrected chi connectivity index (χ3v) is 4.85. The van der Waals surface area contributed by atoms with Crippen LogP contribution in [0.5, 0.6) is 0 Å². The topological polar surface area (TPSA) is 122 Å². The standard InChI is InChI=1S/C9H9N3O5S2/c1-4-3-18-6(8(13)14)7(4)19(15,16)12-9-11-10-5(2)17-9/h3H,1-2H3,(H,11,12)(H,13,14). The van der Waals surface area contributed by atoms with Crippen LogP contribution in [0.3, 0.4) is 0 Å². The van der Waals surface area contributed by atoms with Gasteiger partial charge < -0.3 is 9.52 Å². The van der Waals surface area contributed by atoms with Gasteiger partial charge in [0.2, 0.25) is 5.89 Å². The summed E-state index contributed by atoms with van der Waals surface area (Å²) in [5.41, 5.74) is 0.339. The predicted molar refractivity (Wildman–Crippen MR) is 65.9 cm³/mol. The van der Waals surface area contributed by atoms with Gasteiger partial charge in [0.05, 0.1) is 0 Å². The molecular formula is C9H9N3O5S2. The largest absolute Gasteiger partial charge is 0.477 e. The van der Waals surface area contributed by atoms with Gasteiger partial charge in [-0.05, 0) is 17.9 Å². The summed E-state index contributed by atoms with van der Waals surface area (Å²) in [6.07, 6.45) is 0. The summed E-state index contributed by atoms with van der Waals surface area (Å²) in [6, 6.07) is -0.306. The SMILES string of the molecule is Cc1nnc(NS(=O)(=O)c2c(C)csc2C(=O)O)o1. The number of hydrogen-bond acceptors (Lipinski definition) is 7. The van der Waals surface area contributed by atoms with Crippen LogP contribution >= 0.6 is 11.3 Å². The van der Waals surface area contributed by atoms with Crippen LogP contribution in [0, 0.1) is 13.8 Å². The van der Waals surface area contributed by atoms with E-state index in [0.29, 0.717) is 5.56 Å². The van der Waals surface area contributed by atoms with Crippen molar-refractivity contribution in [3.63, 3.8) is 0 Å². The normalized spacial score (nSPS) is 11.5. The summed E-state index contributed by atoms with van der Waals surface area (Å²) >= 11 is 0.842. The van der Waals surface area contributed by atoms with Crippen LogP contribution in [0.15, 0.2) is 14.7 Å². The van der Waals surface area contributed by atoms with E-state index in [0.717, 1.165) is 11.3 Å². The van der Waals surface area contributed by atoms with Gasteiger partial charge in [-0.15, -0.1) is 16.4 Å². The minimum absolute atomic E-state index is 0.193. The lowest BCUT2D eigenvalue weighted by Gasteiger charge is -2.04. The average Bonchev–Trinajstić information content (AvgIpc) is 2.84. The molecule has 0 spiro atoms. The molecule has 0 unspecified atom stereocenters. The van der Waals surface area contributed by atoms with Crippen molar-refractivity contribution in [3.05, 3.63) is 21.7 Å². The summed E-state index contributed by atoms with van der Waals surface area (Å²) in [5, 5.41) is 17.4. The second kappa shape index (κ2) is 4.63. The highest BCUT2D eigenvalue weighted by molar-refractivity contribution is 7.93. The van der Waals surface area contributed by atoms with E-state index in [1.807, 2.05) is 0 Å². The van der Waals surface area contributed by atoms with Gasteiger partial charge in [0, 0.05) is 6.92 Å². The average molecular weight is 303 g/mol. The number of anilines is 1. The van der Waals surface area contributed by atoms with E-state index in [4.69, 9.17) is 9.52 Å². The number of carboxylic acid groups (broad SMARTS) is 1. The van der Waals surface area contributed by atoms with Crippen molar-refractivity contribution in [2.75, 3.05) is 4.72 Å². The number of rotatable bonds is 4. The second-order valence-corrected chi connectivity index (χ2v) is 6.11. The third kappa shape index (κ3) is 2.58. The second-order valence-electron chi connectivity index (χ2n) is 3.61. The van der Waals surface area contributed by atoms with Crippen molar-refractivity contribution in [2.24, 2.45) is 0 Å². The minimum atomic E-state index is -4.08. The van der Waals surface area contributed by atoms with Crippen LogP contribution < -0.4 is 4.72 Å². The zero-order valence-electron chi connectivity index (χ0n) is 9.87. The van der Waals surface area contributed by atoms with Gasteiger partial charge in [0.25, 0.3) is 10.0 Å². The Bertz CT molecular complexity index is 731. The fourth-order valence-electron chi connectivity index (χ4n) is 1.42. The number of nitrogens with zero attached hydrogens (tertiary/aromatic N) is 2. The van der Waals surface area contributed by atoms with Crippen molar-refractivity contribution in [2.45, 2.75) is 18.7 Å². The van der Waals surface area contributed by atoms with Gasteiger partial charge >= 0.3 is 12.0 Å². The van der Waals surface area contributed by atoms with Gasteiger partial charge in [0.1, 0.15) is 9.77 Å². The lowest BCUT2D eigenvalue weighted by atomic mass is 10.3. The highest BCUT2D eigenvalue weighted by atomic mass is 32.2. The number of sulfonamides is 1. The Labute approximate surface area is 112 Å². The zero-order chi connectivity index (χ0) is 14.2. The van der Waals surface area contributed by atoms with Gasteiger partial charge in [0.15, 0.2) is 0 Å². The Kier molecular flexibility index (Phi) is 3.28. The van der Waals surface area contributed by atoms with E-state index in [2.05, 4.69) is 14.9 Å². The molecule has 10 heteroatoms. The van der Waals surface area contributed by atoms with E-state index in [1.165, 1.54) is 19.2 Å². The fourth-order valence-corrected chi connectivity index (χ4v) is 3.98. The minimum Gasteiger partial charge on any atom is -0.477 e. The van der Waals surface area contributed by atoms with Crippen molar-refractivity contribution in [3.8, 4) is 0 Å². The third-order valence-electron chi connectivity index (χ3n) is 2.13. The van der Waals surface area contributed by atoms with Crippen molar-refractivity contribution in [1.82, 2.24) is 10.2 Å². The Balaban J connectivity index is 2.45. The molecule has 0 fully saturated rings. The fraction of sp³-hybridized carbons (Fsp3) is 0.222. The highest BCUT2D eigenvalue weighted by Gasteiger charge is 2.28. The first-order valence-electron chi connectivity index (χ1n) is 4.95. The molecule has 0 radical (unpaired) electrons. The van der Waals surface area contributed by atoms with E-state index in [1.54, 1.807) is 0 Å². The van der Waals surface area contributed by atoms with Crippen LogP contribution in [-0.4, -0.2) is 29.7 Å². The number of thiophene rings is 1. The summed E-state index contributed by atoms with van der Waals surface area (Å²) in [6.45, 7) is 3.01. The molecule has 0 saturated heterocycles. The monoisotopic (exact) mass is 303 g/mol. The molecule has 2 N–H and O–H groups in total. The Hall–Kier alpha value is -1.94. The molecule has 0 aliphatic carbocycles. The molecule has 0 aromatic carbocycles. The molecule has 0 amide bonds. The maximum absolute atomic E-state index is 12.1. The summed E-state index contributed by atoms with van der Waals surface area (Å²) in [4.78, 5) is 10.5. The molecule has 0 aliphatic heterocycles. The Morgan fingerprint density at radius 1 is 1.42 bits per heavy atom. The molecule has 8 nitrogen and oxygen atoms in total. The maximum Gasteiger partial charge on any atom is 0.347 e. The molecule has 0 bridgehead atoms. The number of aryl methyl sites for hydroxylation is 2. The molecule has 0 aliphatic rings. The highest BCUT2D eigenvalue weighted by Crippen LogP contribution is 2.28. The number of nitrogens with one attached hydrogen (secondary N) is 1. The molecule has 2 aromatic heterocycles. The lowest BCUT2D eigenvalue weighted by Crippen LogP contribution is -2.16. The van der Waals surface area contributed by atoms with Crippen LogP contribution in [0.4, 0.5) is 6.01 Å². The van der Waals surface area contributed by atoms with Gasteiger partial charge in [-0.1, -0.05) is 5.10 Å². The van der Waals surface area contributed by atoms with Crippen LogP contribution in [0.1, 0.15) is 21.1 Å². The van der Waals surface area contributed by atoms with Crippen LogP contribution in [-0.2, 0) is 10.0 Å². The smallest absolute Gasteiger partial charge is 0.347 e. The van der Waals surface area contributed by atoms with Gasteiger partial charge in [-0.2, -0.15) is 0 Å². The number of aromatic carboxylic acids is 1. The first kappa shape index (κ1) is 13.5. The lowest BCUT2D eigenvalue weighted by molar-refractivity contribution is 0.0698. The number of carbonyl (C=O) groups is 1. The molecule has 2 rings (SSSR count). The van der Waals surface area contributed by atoms with Gasteiger partial charge in [-0.25, -0.2) is 17.9 Å². The molecular weight excluding hydrogens is 294 g/mol. The molecule has 0 atom stereocenters. The van der Waals surface area contributed by atoms with Crippen molar-refractivity contribution < 1.29 is 22.7 Å². The maximum atomic E-state index is 12.1. The number of hydrogen-bond donors (Lipinski definition) is 2. The zero-order valence-corrected chi connectivity index (χ0v) is 11.5. The summed E-state index contributed by atoms with van der Waals surface area (Å²) in [5.74, 6) is -1.11. The first-order valence-corrected chi connectivity index (χ1v) is 7.32. The van der Waals surface area contributed by atoms with Crippen LogP contribution in [0.2, 0.25) is 0 Å². The quantitative estimate of drug-likeness (QED) is 0.871. The molecule has 0 saturated carbocycles. The summed E-state index contributed by atoms with van der Waals surface area (Å²) < 4.78 is 31.2.